The number of hydrogen-bond acceptors (Lipinski definition) is 5. The lowest BCUT2D eigenvalue weighted by molar-refractivity contribution is -0.0453. The smallest absolute Gasteiger partial charge is 0.123 e. The van der Waals surface area contributed by atoms with Gasteiger partial charge in [0.1, 0.15) is 18.5 Å². The molecular formula is C16H26N2O3. The first-order valence-electron chi connectivity index (χ1n) is 7.65. The van der Waals surface area contributed by atoms with Gasteiger partial charge in [-0.15, -0.1) is 0 Å². The Morgan fingerprint density at radius 3 is 3.05 bits per heavy atom. The number of aliphatic hydroxyl groups excluding tert-OH is 1. The first-order valence-corrected chi connectivity index (χ1v) is 7.65. The SMILES string of the molecule is CCC1CN(CC(O)COc2ccccc2CN)CCO1. The van der Waals surface area contributed by atoms with Gasteiger partial charge in [0.2, 0.25) is 0 Å². The maximum atomic E-state index is 10.1. The van der Waals surface area contributed by atoms with Crippen LogP contribution in [0.2, 0.25) is 0 Å². The molecule has 0 spiro atoms. The van der Waals surface area contributed by atoms with E-state index < -0.39 is 6.10 Å². The summed E-state index contributed by atoms with van der Waals surface area (Å²) in [6.45, 7) is 5.95. The molecule has 2 rings (SSSR count). The van der Waals surface area contributed by atoms with Crippen LogP contribution in [0.25, 0.3) is 0 Å². The fourth-order valence-electron chi connectivity index (χ4n) is 2.54. The summed E-state index contributed by atoms with van der Waals surface area (Å²) < 4.78 is 11.3. The van der Waals surface area contributed by atoms with Gasteiger partial charge in [0.05, 0.1) is 12.7 Å². The molecule has 5 heteroatoms. The normalized spacial score (nSPS) is 21.2. The van der Waals surface area contributed by atoms with E-state index in [1.54, 1.807) is 0 Å². The summed E-state index contributed by atoms with van der Waals surface area (Å²) in [5, 5.41) is 10.1. The molecule has 0 bridgehead atoms. The van der Waals surface area contributed by atoms with Crippen molar-refractivity contribution in [3.05, 3.63) is 29.8 Å². The van der Waals surface area contributed by atoms with Crippen molar-refractivity contribution >= 4 is 0 Å². The fourth-order valence-corrected chi connectivity index (χ4v) is 2.54. The minimum absolute atomic E-state index is 0.282. The molecular weight excluding hydrogens is 268 g/mol. The lowest BCUT2D eigenvalue weighted by Crippen LogP contribution is -2.46. The third-order valence-electron chi connectivity index (χ3n) is 3.77. The third-order valence-corrected chi connectivity index (χ3v) is 3.77. The van der Waals surface area contributed by atoms with E-state index in [0.29, 0.717) is 13.1 Å². The van der Waals surface area contributed by atoms with Gasteiger partial charge in [-0.2, -0.15) is 0 Å². The van der Waals surface area contributed by atoms with Crippen molar-refractivity contribution in [2.45, 2.75) is 32.1 Å². The maximum absolute atomic E-state index is 10.1. The zero-order valence-electron chi connectivity index (χ0n) is 12.7. The second kappa shape index (κ2) is 8.34. The Morgan fingerprint density at radius 1 is 1.48 bits per heavy atom. The molecule has 2 atom stereocenters. The summed E-state index contributed by atoms with van der Waals surface area (Å²) in [4.78, 5) is 2.24. The van der Waals surface area contributed by atoms with Crippen LogP contribution in [0.5, 0.6) is 5.75 Å². The minimum atomic E-state index is -0.508. The van der Waals surface area contributed by atoms with E-state index >= 15 is 0 Å². The van der Waals surface area contributed by atoms with Crippen LogP contribution in [0.1, 0.15) is 18.9 Å². The Kier molecular flexibility index (Phi) is 6.45. The molecule has 0 saturated carbocycles. The van der Waals surface area contributed by atoms with Crippen LogP contribution in [0.15, 0.2) is 24.3 Å². The highest BCUT2D eigenvalue weighted by Crippen LogP contribution is 2.17. The summed E-state index contributed by atoms with van der Waals surface area (Å²) in [5.74, 6) is 0.757. The van der Waals surface area contributed by atoms with Crippen molar-refractivity contribution < 1.29 is 14.6 Å². The molecule has 118 valence electrons. The number of ether oxygens (including phenoxy) is 2. The second-order valence-corrected chi connectivity index (χ2v) is 5.44. The number of aliphatic hydroxyl groups is 1. The van der Waals surface area contributed by atoms with Crippen molar-refractivity contribution in [2.75, 3.05) is 32.8 Å². The molecule has 0 amide bonds. The van der Waals surface area contributed by atoms with Crippen LogP contribution < -0.4 is 10.5 Å². The monoisotopic (exact) mass is 294 g/mol. The van der Waals surface area contributed by atoms with Crippen LogP contribution in [-0.4, -0.2) is 55.1 Å². The Morgan fingerprint density at radius 2 is 2.29 bits per heavy atom. The van der Waals surface area contributed by atoms with Gasteiger partial charge in [-0.3, -0.25) is 4.90 Å². The standard InChI is InChI=1S/C16H26N2O3/c1-2-15-11-18(7-8-20-15)10-14(19)12-21-16-6-4-3-5-13(16)9-17/h3-6,14-15,19H,2,7-12,17H2,1H3. The molecule has 1 aliphatic heterocycles. The van der Waals surface area contributed by atoms with Crippen molar-refractivity contribution in [3.63, 3.8) is 0 Å². The molecule has 1 aromatic rings. The van der Waals surface area contributed by atoms with Crippen LogP contribution in [0.3, 0.4) is 0 Å². The lowest BCUT2D eigenvalue weighted by atomic mass is 10.2. The quantitative estimate of drug-likeness (QED) is 0.785. The summed E-state index contributed by atoms with van der Waals surface area (Å²) in [6, 6.07) is 7.67. The van der Waals surface area contributed by atoms with E-state index in [2.05, 4.69) is 11.8 Å². The summed E-state index contributed by atoms with van der Waals surface area (Å²) in [5.41, 5.74) is 6.63. The highest BCUT2D eigenvalue weighted by atomic mass is 16.5. The molecule has 1 aromatic carbocycles. The van der Waals surface area contributed by atoms with Gasteiger partial charge in [-0.1, -0.05) is 25.1 Å². The average Bonchev–Trinajstić information content (AvgIpc) is 2.53. The number of benzene rings is 1. The Balaban J connectivity index is 1.78. The van der Waals surface area contributed by atoms with Crippen LogP contribution in [-0.2, 0) is 11.3 Å². The molecule has 0 radical (unpaired) electrons. The number of para-hydroxylation sites is 1. The van der Waals surface area contributed by atoms with Crippen LogP contribution in [0, 0.1) is 0 Å². The largest absolute Gasteiger partial charge is 0.491 e. The van der Waals surface area contributed by atoms with E-state index in [1.165, 1.54) is 0 Å². The minimum Gasteiger partial charge on any atom is -0.491 e. The summed E-state index contributed by atoms with van der Waals surface area (Å²) in [7, 11) is 0. The van der Waals surface area contributed by atoms with E-state index in [-0.39, 0.29) is 12.7 Å². The van der Waals surface area contributed by atoms with Gasteiger partial charge < -0.3 is 20.3 Å². The van der Waals surface area contributed by atoms with Gasteiger partial charge in [-0.25, -0.2) is 0 Å². The summed E-state index contributed by atoms with van der Waals surface area (Å²) in [6.07, 6.45) is 0.781. The topological polar surface area (TPSA) is 68.0 Å². The molecule has 1 aliphatic rings. The van der Waals surface area contributed by atoms with Crippen molar-refractivity contribution in [1.29, 1.82) is 0 Å². The first kappa shape index (κ1) is 16.2. The van der Waals surface area contributed by atoms with Crippen LogP contribution >= 0.6 is 0 Å². The second-order valence-electron chi connectivity index (χ2n) is 5.44. The zero-order valence-corrected chi connectivity index (χ0v) is 12.7. The molecule has 0 aliphatic carbocycles. The van der Waals surface area contributed by atoms with Crippen molar-refractivity contribution in [3.8, 4) is 5.75 Å². The first-order chi connectivity index (χ1) is 10.2. The Bertz CT molecular complexity index is 428. The zero-order chi connectivity index (χ0) is 15.1. The number of nitrogens with zero attached hydrogens (tertiary/aromatic N) is 1. The fraction of sp³-hybridized carbons (Fsp3) is 0.625. The van der Waals surface area contributed by atoms with E-state index in [9.17, 15) is 5.11 Å². The highest BCUT2D eigenvalue weighted by Gasteiger charge is 2.21. The van der Waals surface area contributed by atoms with Crippen molar-refractivity contribution in [2.24, 2.45) is 5.73 Å². The average molecular weight is 294 g/mol. The Hall–Kier alpha value is -1.14. The number of rotatable bonds is 7. The predicted octanol–water partition coefficient (Wildman–Crippen LogP) is 0.996. The van der Waals surface area contributed by atoms with Gasteiger partial charge in [-0.05, 0) is 12.5 Å². The van der Waals surface area contributed by atoms with Gasteiger partial charge >= 0.3 is 0 Å². The van der Waals surface area contributed by atoms with E-state index in [1.807, 2.05) is 24.3 Å². The third kappa shape index (κ3) is 4.97. The number of β-amino-alcohol motifs (C(OH)–C–C–N with tert-alkyl or cyclic N) is 1. The predicted molar refractivity (Wildman–Crippen MR) is 82.3 cm³/mol. The molecule has 21 heavy (non-hydrogen) atoms. The lowest BCUT2D eigenvalue weighted by Gasteiger charge is -2.33. The van der Waals surface area contributed by atoms with Crippen molar-refractivity contribution in [1.82, 2.24) is 4.90 Å². The number of nitrogens with two attached hydrogens (primary N) is 1. The van der Waals surface area contributed by atoms with Gasteiger partial charge in [0.25, 0.3) is 0 Å². The molecule has 1 heterocycles. The molecule has 1 saturated heterocycles. The van der Waals surface area contributed by atoms with Gasteiger partial charge in [0.15, 0.2) is 0 Å². The maximum Gasteiger partial charge on any atom is 0.123 e. The molecule has 1 fully saturated rings. The summed E-state index contributed by atoms with van der Waals surface area (Å²) >= 11 is 0. The highest BCUT2D eigenvalue weighted by molar-refractivity contribution is 5.32. The Labute approximate surface area is 126 Å². The van der Waals surface area contributed by atoms with E-state index in [4.69, 9.17) is 15.2 Å². The number of morpholine rings is 1. The van der Waals surface area contributed by atoms with E-state index in [0.717, 1.165) is 37.4 Å². The molecule has 0 aromatic heterocycles. The molecule has 2 unspecified atom stereocenters. The molecule has 3 N–H and O–H groups in total. The number of hydrogen-bond donors (Lipinski definition) is 2. The molecule has 5 nitrogen and oxygen atoms in total. The van der Waals surface area contributed by atoms with Gasteiger partial charge in [0, 0.05) is 31.7 Å². The van der Waals surface area contributed by atoms with Crippen LogP contribution in [0.4, 0.5) is 0 Å².